The van der Waals surface area contributed by atoms with Crippen LogP contribution in [-0.4, -0.2) is 29.8 Å². The SMILES string of the molecule is COc1ccc(CNCCC(C)O)cc1[N+](=O)[O-]. The minimum atomic E-state index is -0.460. The fraction of sp³-hybridized carbons (Fsp3) is 0.500. The van der Waals surface area contributed by atoms with Gasteiger partial charge in [-0.1, -0.05) is 6.07 Å². The molecule has 0 saturated heterocycles. The maximum atomic E-state index is 10.8. The third kappa shape index (κ3) is 4.31. The molecule has 1 aromatic carbocycles. The number of aliphatic hydroxyl groups is 1. The average Bonchev–Trinajstić information content (AvgIpc) is 2.34. The lowest BCUT2D eigenvalue weighted by Crippen LogP contribution is -2.18. The zero-order chi connectivity index (χ0) is 13.5. The minimum Gasteiger partial charge on any atom is -0.490 e. The van der Waals surface area contributed by atoms with Crippen LogP contribution in [0.15, 0.2) is 18.2 Å². The van der Waals surface area contributed by atoms with Gasteiger partial charge >= 0.3 is 5.69 Å². The Labute approximate surface area is 106 Å². The van der Waals surface area contributed by atoms with Gasteiger partial charge in [0.2, 0.25) is 0 Å². The number of methoxy groups -OCH3 is 1. The van der Waals surface area contributed by atoms with E-state index in [9.17, 15) is 10.1 Å². The van der Waals surface area contributed by atoms with Crippen molar-refractivity contribution in [2.24, 2.45) is 0 Å². The summed E-state index contributed by atoms with van der Waals surface area (Å²) in [6, 6.07) is 4.86. The molecule has 2 N–H and O–H groups in total. The molecular formula is C12H18N2O4. The van der Waals surface area contributed by atoms with Crippen LogP contribution >= 0.6 is 0 Å². The van der Waals surface area contributed by atoms with Crippen LogP contribution in [0, 0.1) is 10.1 Å². The maximum absolute atomic E-state index is 10.8. The highest BCUT2D eigenvalue weighted by Gasteiger charge is 2.14. The van der Waals surface area contributed by atoms with Crippen molar-refractivity contribution in [1.82, 2.24) is 5.32 Å². The predicted octanol–water partition coefficient (Wildman–Crippen LogP) is 1.46. The van der Waals surface area contributed by atoms with Crippen molar-refractivity contribution in [3.8, 4) is 5.75 Å². The lowest BCUT2D eigenvalue weighted by Gasteiger charge is -2.07. The van der Waals surface area contributed by atoms with E-state index in [-0.39, 0.29) is 17.5 Å². The van der Waals surface area contributed by atoms with Gasteiger partial charge in [-0.05, 0) is 31.5 Å². The van der Waals surface area contributed by atoms with Gasteiger partial charge < -0.3 is 15.2 Å². The first-order valence-corrected chi connectivity index (χ1v) is 5.74. The van der Waals surface area contributed by atoms with Crippen molar-refractivity contribution in [3.63, 3.8) is 0 Å². The second-order valence-corrected chi connectivity index (χ2v) is 4.08. The highest BCUT2D eigenvalue weighted by molar-refractivity contribution is 5.48. The standard InChI is InChI=1S/C12H18N2O4/c1-9(15)5-6-13-8-10-3-4-12(18-2)11(7-10)14(16)17/h3-4,7,9,13,15H,5-6,8H2,1-2H3. The predicted molar refractivity (Wildman–Crippen MR) is 67.7 cm³/mol. The summed E-state index contributed by atoms with van der Waals surface area (Å²) in [5, 5.41) is 23.0. The fourth-order valence-electron chi connectivity index (χ4n) is 1.53. The monoisotopic (exact) mass is 254 g/mol. The zero-order valence-corrected chi connectivity index (χ0v) is 10.5. The molecule has 6 heteroatoms. The number of nitrogens with zero attached hydrogens (tertiary/aromatic N) is 1. The normalized spacial score (nSPS) is 12.2. The second-order valence-electron chi connectivity index (χ2n) is 4.08. The molecule has 0 aliphatic heterocycles. The first-order valence-electron chi connectivity index (χ1n) is 5.74. The molecule has 0 fully saturated rings. The number of ether oxygens (including phenoxy) is 1. The van der Waals surface area contributed by atoms with Crippen LogP contribution in [0.1, 0.15) is 18.9 Å². The summed E-state index contributed by atoms with van der Waals surface area (Å²) in [4.78, 5) is 10.4. The summed E-state index contributed by atoms with van der Waals surface area (Å²) in [7, 11) is 1.41. The molecule has 18 heavy (non-hydrogen) atoms. The fourth-order valence-corrected chi connectivity index (χ4v) is 1.53. The number of hydrogen-bond donors (Lipinski definition) is 2. The molecule has 1 atom stereocenters. The van der Waals surface area contributed by atoms with Gasteiger partial charge in [-0.15, -0.1) is 0 Å². The Morgan fingerprint density at radius 3 is 2.83 bits per heavy atom. The van der Waals surface area contributed by atoms with E-state index in [1.54, 1.807) is 19.1 Å². The van der Waals surface area contributed by atoms with Crippen molar-refractivity contribution < 1.29 is 14.8 Å². The number of benzene rings is 1. The molecule has 100 valence electrons. The van der Waals surface area contributed by atoms with Crippen molar-refractivity contribution in [1.29, 1.82) is 0 Å². The van der Waals surface area contributed by atoms with Crippen LogP contribution in [0.25, 0.3) is 0 Å². The first-order chi connectivity index (χ1) is 8.54. The van der Waals surface area contributed by atoms with Gasteiger partial charge in [0, 0.05) is 12.6 Å². The summed E-state index contributed by atoms with van der Waals surface area (Å²) in [5.41, 5.74) is 0.778. The largest absolute Gasteiger partial charge is 0.490 e. The lowest BCUT2D eigenvalue weighted by molar-refractivity contribution is -0.385. The van der Waals surface area contributed by atoms with E-state index in [2.05, 4.69) is 5.32 Å². The molecule has 1 aromatic rings. The number of hydrogen-bond acceptors (Lipinski definition) is 5. The Morgan fingerprint density at radius 2 is 2.28 bits per heavy atom. The van der Waals surface area contributed by atoms with Gasteiger partial charge in [0.25, 0.3) is 0 Å². The average molecular weight is 254 g/mol. The van der Waals surface area contributed by atoms with Gasteiger partial charge in [0.1, 0.15) is 0 Å². The molecule has 0 aliphatic carbocycles. The Morgan fingerprint density at radius 1 is 1.56 bits per heavy atom. The highest BCUT2D eigenvalue weighted by atomic mass is 16.6. The molecule has 0 radical (unpaired) electrons. The summed E-state index contributed by atoms with van der Waals surface area (Å²) in [5.74, 6) is 0.257. The van der Waals surface area contributed by atoms with E-state index >= 15 is 0 Å². The molecule has 0 heterocycles. The van der Waals surface area contributed by atoms with Crippen LogP contribution in [0.3, 0.4) is 0 Å². The number of nitro benzene ring substituents is 1. The molecule has 1 rings (SSSR count). The Balaban J connectivity index is 2.62. The number of rotatable bonds is 7. The van der Waals surface area contributed by atoms with Crippen molar-refractivity contribution in [2.45, 2.75) is 26.0 Å². The van der Waals surface area contributed by atoms with Crippen LogP contribution in [0.2, 0.25) is 0 Å². The molecule has 0 aromatic heterocycles. The molecule has 1 unspecified atom stereocenters. The molecule has 0 aliphatic rings. The number of nitro groups is 1. The Kier molecular flexibility index (Phi) is 5.54. The van der Waals surface area contributed by atoms with E-state index in [4.69, 9.17) is 9.84 Å². The Bertz CT molecular complexity index is 407. The third-order valence-corrected chi connectivity index (χ3v) is 2.51. The molecule has 0 saturated carbocycles. The molecule has 0 spiro atoms. The van der Waals surface area contributed by atoms with E-state index in [0.29, 0.717) is 19.5 Å². The minimum absolute atomic E-state index is 0.0349. The van der Waals surface area contributed by atoms with E-state index in [1.165, 1.54) is 13.2 Å². The lowest BCUT2D eigenvalue weighted by atomic mass is 10.2. The topological polar surface area (TPSA) is 84.6 Å². The highest BCUT2D eigenvalue weighted by Crippen LogP contribution is 2.27. The van der Waals surface area contributed by atoms with Crippen LogP contribution < -0.4 is 10.1 Å². The summed E-state index contributed by atoms with van der Waals surface area (Å²) in [6.07, 6.45) is 0.306. The van der Waals surface area contributed by atoms with Gasteiger partial charge in [0.05, 0.1) is 18.1 Å². The van der Waals surface area contributed by atoms with Crippen LogP contribution in [-0.2, 0) is 6.54 Å². The quantitative estimate of drug-likeness (QED) is 0.437. The van der Waals surface area contributed by atoms with Gasteiger partial charge in [-0.25, -0.2) is 0 Å². The zero-order valence-electron chi connectivity index (χ0n) is 10.5. The molecule has 6 nitrogen and oxygen atoms in total. The summed E-state index contributed by atoms with van der Waals surface area (Å²) < 4.78 is 4.92. The smallest absolute Gasteiger partial charge is 0.311 e. The van der Waals surface area contributed by atoms with Crippen LogP contribution in [0.5, 0.6) is 5.75 Å². The summed E-state index contributed by atoms with van der Waals surface area (Å²) >= 11 is 0. The number of aliphatic hydroxyl groups excluding tert-OH is 1. The van der Waals surface area contributed by atoms with Gasteiger partial charge in [-0.3, -0.25) is 10.1 Å². The van der Waals surface area contributed by atoms with E-state index in [0.717, 1.165) is 5.56 Å². The van der Waals surface area contributed by atoms with Crippen molar-refractivity contribution >= 4 is 5.69 Å². The molecular weight excluding hydrogens is 236 g/mol. The third-order valence-electron chi connectivity index (χ3n) is 2.51. The number of nitrogens with one attached hydrogen (secondary N) is 1. The van der Waals surface area contributed by atoms with Crippen molar-refractivity contribution in [2.75, 3.05) is 13.7 Å². The molecule has 0 amide bonds. The maximum Gasteiger partial charge on any atom is 0.311 e. The van der Waals surface area contributed by atoms with Gasteiger partial charge in [0.15, 0.2) is 5.75 Å². The van der Waals surface area contributed by atoms with E-state index in [1.807, 2.05) is 0 Å². The van der Waals surface area contributed by atoms with Crippen LogP contribution in [0.4, 0.5) is 5.69 Å². The molecule has 0 bridgehead atoms. The second kappa shape index (κ2) is 6.93. The van der Waals surface area contributed by atoms with Gasteiger partial charge in [-0.2, -0.15) is 0 Å². The van der Waals surface area contributed by atoms with Crippen molar-refractivity contribution in [3.05, 3.63) is 33.9 Å². The first kappa shape index (κ1) is 14.4. The van der Waals surface area contributed by atoms with E-state index < -0.39 is 4.92 Å². The summed E-state index contributed by atoms with van der Waals surface area (Å²) in [6.45, 7) is 2.91. The Hall–Kier alpha value is -1.66.